The van der Waals surface area contributed by atoms with E-state index in [1.807, 2.05) is 12.1 Å². The standard InChI is InChI=1S/C13H18BrF/c1-2-3-4-5-12(14)10-11-6-8-13(15)9-7-11/h6-9,12H,2-5,10H2,1H3. The average molecular weight is 273 g/mol. The van der Waals surface area contributed by atoms with E-state index in [9.17, 15) is 4.39 Å². The molecule has 0 nitrogen and oxygen atoms in total. The van der Waals surface area contributed by atoms with Crippen molar-refractivity contribution in [1.29, 1.82) is 0 Å². The summed E-state index contributed by atoms with van der Waals surface area (Å²) in [5.41, 5.74) is 1.20. The molecule has 0 aliphatic carbocycles. The van der Waals surface area contributed by atoms with Crippen LogP contribution in [0.3, 0.4) is 0 Å². The largest absolute Gasteiger partial charge is 0.207 e. The van der Waals surface area contributed by atoms with Crippen molar-refractivity contribution in [3.05, 3.63) is 35.6 Å². The average Bonchev–Trinajstić information content (AvgIpc) is 2.22. The number of hydrogen-bond acceptors (Lipinski definition) is 0. The highest BCUT2D eigenvalue weighted by molar-refractivity contribution is 9.09. The first-order chi connectivity index (χ1) is 7.22. The highest BCUT2D eigenvalue weighted by Gasteiger charge is 2.05. The smallest absolute Gasteiger partial charge is 0.123 e. The third-order valence-corrected chi connectivity index (χ3v) is 3.27. The molecule has 0 spiro atoms. The highest BCUT2D eigenvalue weighted by atomic mass is 79.9. The molecule has 1 atom stereocenters. The molecule has 0 saturated carbocycles. The molecule has 1 unspecified atom stereocenters. The lowest BCUT2D eigenvalue weighted by Crippen LogP contribution is -2.02. The Morgan fingerprint density at radius 2 is 1.87 bits per heavy atom. The van der Waals surface area contributed by atoms with E-state index < -0.39 is 0 Å². The van der Waals surface area contributed by atoms with Gasteiger partial charge in [0.05, 0.1) is 0 Å². The minimum Gasteiger partial charge on any atom is -0.207 e. The first kappa shape index (κ1) is 12.7. The predicted molar refractivity (Wildman–Crippen MR) is 67.0 cm³/mol. The molecular weight excluding hydrogens is 255 g/mol. The maximum absolute atomic E-state index is 12.7. The zero-order chi connectivity index (χ0) is 11.1. The van der Waals surface area contributed by atoms with Crippen LogP contribution in [0.4, 0.5) is 4.39 Å². The van der Waals surface area contributed by atoms with Gasteiger partial charge < -0.3 is 0 Å². The zero-order valence-corrected chi connectivity index (χ0v) is 10.8. The Balaban J connectivity index is 2.31. The Morgan fingerprint density at radius 1 is 1.20 bits per heavy atom. The Labute approximate surface area is 100 Å². The third-order valence-electron chi connectivity index (χ3n) is 2.49. The minimum absolute atomic E-state index is 0.157. The summed E-state index contributed by atoms with van der Waals surface area (Å²) in [4.78, 5) is 0.523. The number of rotatable bonds is 6. The van der Waals surface area contributed by atoms with Gasteiger partial charge in [-0.15, -0.1) is 0 Å². The van der Waals surface area contributed by atoms with E-state index >= 15 is 0 Å². The minimum atomic E-state index is -0.157. The third kappa shape index (κ3) is 5.31. The zero-order valence-electron chi connectivity index (χ0n) is 9.18. The van der Waals surface area contributed by atoms with E-state index in [4.69, 9.17) is 0 Å². The van der Waals surface area contributed by atoms with Gasteiger partial charge in [-0.25, -0.2) is 4.39 Å². The fraction of sp³-hybridized carbons (Fsp3) is 0.538. The Hall–Kier alpha value is -0.370. The molecule has 0 aliphatic heterocycles. The van der Waals surface area contributed by atoms with Crippen molar-refractivity contribution in [1.82, 2.24) is 0 Å². The molecule has 1 rings (SSSR count). The maximum Gasteiger partial charge on any atom is 0.123 e. The number of hydrogen-bond donors (Lipinski definition) is 0. The first-order valence-electron chi connectivity index (χ1n) is 5.61. The van der Waals surface area contributed by atoms with Crippen LogP contribution < -0.4 is 0 Å². The Bertz CT molecular complexity index is 268. The van der Waals surface area contributed by atoms with E-state index in [0.29, 0.717) is 4.83 Å². The summed E-state index contributed by atoms with van der Waals surface area (Å²) in [6.45, 7) is 2.21. The van der Waals surface area contributed by atoms with Crippen LogP contribution in [-0.4, -0.2) is 4.83 Å². The summed E-state index contributed by atoms with van der Waals surface area (Å²) >= 11 is 3.67. The van der Waals surface area contributed by atoms with Gasteiger partial charge in [0.15, 0.2) is 0 Å². The highest BCUT2D eigenvalue weighted by Crippen LogP contribution is 2.16. The predicted octanol–water partition coefficient (Wildman–Crippen LogP) is 4.71. The SMILES string of the molecule is CCCCCC(Br)Cc1ccc(F)cc1. The van der Waals surface area contributed by atoms with Crippen LogP contribution in [0.25, 0.3) is 0 Å². The van der Waals surface area contributed by atoms with Crippen LogP contribution in [-0.2, 0) is 6.42 Å². The van der Waals surface area contributed by atoms with Crippen molar-refractivity contribution in [3.8, 4) is 0 Å². The fourth-order valence-electron chi connectivity index (χ4n) is 1.59. The van der Waals surface area contributed by atoms with Crippen LogP contribution in [0, 0.1) is 5.82 Å². The van der Waals surface area contributed by atoms with Gasteiger partial charge >= 0.3 is 0 Å². The van der Waals surface area contributed by atoms with Gasteiger partial charge in [0.25, 0.3) is 0 Å². The molecule has 0 amide bonds. The van der Waals surface area contributed by atoms with E-state index in [0.717, 1.165) is 6.42 Å². The molecular formula is C13H18BrF. The summed E-state index contributed by atoms with van der Waals surface area (Å²) < 4.78 is 12.7. The molecule has 0 N–H and O–H groups in total. The molecule has 2 heteroatoms. The second kappa shape index (κ2) is 7.00. The van der Waals surface area contributed by atoms with Crippen LogP contribution in [0.5, 0.6) is 0 Å². The lowest BCUT2D eigenvalue weighted by Gasteiger charge is -2.09. The topological polar surface area (TPSA) is 0 Å². The molecule has 0 aromatic heterocycles. The van der Waals surface area contributed by atoms with Gasteiger partial charge in [0.2, 0.25) is 0 Å². The fourth-order valence-corrected chi connectivity index (χ4v) is 2.29. The molecule has 0 aliphatic rings. The molecule has 0 saturated heterocycles. The first-order valence-corrected chi connectivity index (χ1v) is 6.52. The van der Waals surface area contributed by atoms with E-state index in [-0.39, 0.29) is 5.82 Å². The molecule has 0 fully saturated rings. The van der Waals surface area contributed by atoms with Crippen LogP contribution >= 0.6 is 15.9 Å². The summed E-state index contributed by atoms with van der Waals surface area (Å²) in [6, 6.07) is 6.79. The summed E-state index contributed by atoms with van der Waals surface area (Å²) in [7, 11) is 0. The van der Waals surface area contributed by atoms with Crippen molar-refractivity contribution < 1.29 is 4.39 Å². The quantitative estimate of drug-likeness (QED) is 0.520. The molecule has 84 valence electrons. The molecule has 0 heterocycles. The van der Waals surface area contributed by atoms with Crippen molar-refractivity contribution in [2.75, 3.05) is 0 Å². The van der Waals surface area contributed by atoms with Crippen molar-refractivity contribution >= 4 is 15.9 Å². The second-order valence-electron chi connectivity index (χ2n) is 3.92. The molecule has 0 radical (unpaired) electrons. The van der Waals surface area contributed by atoms with Gasteiger partial charge in [0, 0.05) is 4.83 Å². The van der Waals surface area contributed by atoms with E-state index in [1.54, 1.807) is 0 Å². The molecule has 15 heavy (non-hydrogen) atoms. The maximum atomic E-state index is 12.7. The van der Waals surface area contributed by atoms with Gasteiger partial charge in [-0.2, -0.15) is 0 Å². The van der Waals surface area contributed by atoms with E-state index in [2.05, 4.69) is 22.9 Å². The Kier molecular flexibility index (Phi) is 5.92. The molecule has 0 bridgehead atoms. The number of benzene rings is 1. The lowest BCUT2D eigenvalue weighted by molar-refractivity contribution is 0.625. The van der Waals surface area contributed by atoms with Crippen molar-refractivity contribution in [3.63, 3.8) is 0 Å². The number of alkyl halides is 1. The van der Waals surface area contributed by atoms with Crippen molar-refractivity contribution in [2.24, 2.45) is 0 Å². The van der Waals surface area contributed by atoms with Gasteiger partial charge in [-0.3, -0.25) is 0 Å². The lowest BCUT2D eigenvalue weighted by atomic mass is 10.1. The van der Waals surface area contributed by atoms with Crippen LogP contribution in [0.15, 0.2) is 24.3 Å². The van der Waals surface area contributed by atoms with Crippen molar-refractivity contribution in [2.45, 2.75) is 43.9 Å². The molecule has 1 aromatic rings. The van der Waals surface area contributed by atoms with Crippen LogP contribution in [0.1, 0.15) is 38.2 Å². The summed E-state index contributed by atoms with van der Waals surface area (Å²) in [6.07, 6.45) is 6.02. The Morgan fingerprint density at radius 3 is 2.47 bits per heavy atom. The monoisotopic (exact) mass is 272 g/mol. The summed E-state index contributed by atoms with van der Waals surface area (Å²) in [5, 5.41) is 0. The molecule has 1 aromatic carbocycles. The van der Waals surface area contributed by atoms with Crippen LogP contribution in [0.2, 0.25) is 0 Å². The van der Waals surface area contributed by atoms with Gasteiger partial charge in [-0.05, 0) is 30.5 Å². The number of unbranched alkanes of at least 4 members (excludes halogenated alkanes) is 2. The number of halogens is 2. The second-order valence-corrected chi connectivity index (χ2v) is 5.22. The van der Waals surface area contributed by atoms with Gasteiger partial charge in [0.1, 0.15) is 5.82 Å². The van der Waals surface area contributed by atoms with E-state index in [1.165, 1.54) is 43.4 Å². The summed E-state index contributed by atoms with van der Waals surface area (Å²) in [5.74, 6) is -0.157. The normalized spacial score (nSPS) is 12.7. The van der Waals surface area contributed by atoms with Gasteiger partial charge in [-0.1, -0.05) is 54.2 Å².